The van der Waals surface area contributed by atoms with Crippen molar-refractivity contribution in [1.82, 2.24) is 0 Å². The zero-order valence-electron chi connectivity index (χ0n) is 12.3. The summed E-state index contributed by atoms with van der Waals surface area (Å²) in [6.45, 7) is 3.91. The molecule has 0 aliphatic rings. The Morgan fingerprint density at radius 1 is 1.10 bits per heavy atom. The lowest BCUT2D eigenvalue weighted by Crippen LogP contribution is -2.03. The smallest absolute Gasteiger partial charge is 0.231 e. The van der Waals surface area contributed by atoms with Crippen molar-refractivity contribution >= 4 is 16.8 Å². The van der Waals surface area contributed by atoms with Gasteiger partial charge in [0.05, 0.1) is 12.7 Å². The highest BCUT2D eigenvalue weighted by Gasteiger charge is 2.19. The highest BCUT2D eigenvalue weighted by atomic mass is 16.5. The monoisotopic (exact) mass is 280 g/mol. The molecule has 3 nitrogen and oxygen atoms in total. The van der Waals surface area contributed by atoms with Crippen LogP contribution in [-0.4, -0.2) is 12.9 Å². The minimum Gasteiger partial charge on any atom is -0.496 e. The van der Waals surface area contributed by atoms with Crippen LogP contribution in [-0.2, 0) is 0 Å². The molecule has 1 aromatic heterocycles. The number of rotatable bonds is 3. The first kappa shape index (κ1) is 13.4. The maximum absolute atomic E-state index is 12.7. The molecule has 3 heteroatoms. The third-order valence-corrected chi connectivity index (χ3v) is 3.56. The van der Waals surface area contributed by atoms with Gasteiger partial charge in [0.1, 0.15) is 11.3 Å². The molecule has 3 aromatic rings. The van der Waals surface area contributed by atoms with Gasteiger partial charge in [0.2, 0.25) is 5.78 Å². The molecule has 0 bridgehead atoms. The van der Waals surface area contributed by atoms with Crippen LogP contribution in [0.3, 0.4) is 0 Å². The van der Waals surface area contributed by atoms with Gasteiger partial charge >= 0.3 is 0 Å². The number of para-hydroxylation sites is 1. The normalized spacial score (nSPS) is 10.8. The number of aryl methyl sites for hydroxylation is 2. The second-order valence-electron chi connectivity index (χ2n) is 5.14. The van der Waals surface area contributed by atoms with Crippen LogP contribution in [0, 0.1) is 13.8 Å². The van der Waals surface area contributed by atoms with Crippen molar-refractivity contribution in [3.63, 3.8) is 0 Å². The van der Waals surface area contributed by atoms with Crippen LogP contribution in [0.1, 0.15) is 27.2 Å². The summed E-state index contributed by atoms with van der Waals surface area (Å²) in [4.78, 5) is 12.7. The third-order valence-electron chi connectivity index (χ3n) is 3.56. The second-order valence-corrected chi connectivity index (χ2v) is 5.14. The molecule has 0 aliphatic heterocycles. The summed E-state index contributed by atoms with van der Waals surface area (Å²) >= 11 is 0. The van der Waals surface area contributed by atoms with E-state index in [2.05, 4.69) is 0 Å². The van der Waals surface area contributed by atoms with Crippen molar-refractivity contribution in [1.29, 1.82) is 0 Å². The first-order chi connectivity index (χ1) is 10.1. The molecule has 0 N–H and O–H groups in total. The Balaban J connectivity index is 2.12. The molecule has 0 amide bonds. The van der Waals surface area contributed by atoms with Crippen LogP contribution in [0.4, 0.5) is 0 Å². The van der Waals surface area contributed by atoms with E-state index in [-0.39, 0.29) is 5.78 Å². The SMILES string of the molecule is COc1ccc(C)cc1C(=O)c1cc2cccc(C)c2o1. The van der Waals surface area contributed by atoms with E-state index in [1.54, 1.807) is 19.2 Å². The molecule has 0 aliphatic carbocycles. The van der Waals surface area contributed by atoms with E-state index in [0.29, 0.717) is 17.1 Å². The fraction of sp³-hybridized carbons (Fsp3) is 0.167. The molecular weight excluding hydrogens is 264 g/mol. The number of carbonyl (C=O) groups excluding carboxylic acids is 1. The average molecular weight is 280 g/mol. The summed E-state index contributed by atoms with van der Waals surface area (Å²) in [5, 5.41) is 0.935. The van der Waals surface area contributed by atoms with Gasteiger partial charge in [-0.25, -0.2) is 0 Å². The van der Waals surface area contributed by atoms with Crippen LogP contribution in [0.25, 0.3) is 11.0 Å². The standard InChI is InChI=1S/C18H16O3/c1-11-7-8-15(20-3)14(9-11)17(19)16-10-13-6-4-5-12(2)18(13)21-16/h4-10H,1-3H3. The van der Waals surface area contributed by atoms with Gasteiger partial charge in [-0.1, -0.05) is 29.8 Å². The highest BCUT2D eigenvalue weighted by Crippen LogP contribution is 2.27. The van der Waals surface area contributed by atoms with Crippen LogP contribution in [0.2, 0.25) is 0 Å². The minimum absolute atomic E-state index is 0.161. The predicted octanol–water partition coefficient (Wildman–Crippen LogP) is 4.29. The van der Waals surface area contributed by atoms with Crippen molar-refractivity contribution in [2.75, 3.05) is 7.11 Å². The lowest BCUT2D eigenvalue weighted by Gasteiger charge is -2.07. The molecule has 0 fully saturated rings. The lowest BCUT2D eigenvalue weighted by molar-refractivity contribution is 0.101. The molecule has 0 radical (unpaired) electrons. The number of hydrogen-bond acceptors (Lipinski definition) is 3. The van der Waals surface area contributed by atoms with Gasteiger partial charge in [0.15, 0.2) is 5.76 Å². The van der Waals surface area contributed by atoms with Crippen LogP contribution in [0.15, 0.2) is 46.9 Å². The number of furan rings is 1. The van der Waals surface area contributed by atoms with Gasteiger partial charge in [-0.2, -0.15) is 0 Å². The van der Waals surface area contributed by atoms with Crippen molar-refractivity contribution in [3.05, 3.63) is 64.9 Å². The van der Waals surface area contributed by atoms with E-state index in [1.165, 1.54) is 0 Å². The molecular formula is C18H16O3. The molecule has 0 atom stereocenters. The summed E-state index contributed by atoms with van der Waals surface area (Å²) in [6, 6.07) is 13.2. The summed E-state index contributed by atoms with van der Waals surface area (Å²) in [5.74, 6) is 0.733. The van der Waals surface area contributed by atoms with E-state index < -0.39 is 0 Å². The number of benzene rings is 2. The van der Waals surface area contributed by atoms with Gasteiger partial charge in [-0.3, -0.25) is 4.79 Å². The van der Waals surface area contributed by atoms with E-state index >= 15 is 0 Å². The Kier molecular flexibility index (Phi) is 3.26. The molecule has 0 unspecified atom stereocenters. The predicted molar refractivity (Wildman–Crippen MR) is 82.1 cm³/mol. The van der Waals surface area contributed by atoms with E-state index in [1.807, 2.05) is 44.2 Å². The highest BCUT2D eigenvalue weighted by molar-refractivity contribution is 6.10. The second kappa shape index (κ2) is 5.09. The van der Waals surface area contributed by atoms with Crippen LogP contribution in [0.5, 0.6) is 5.75 Å². The van der Waals surface area contributed by atoms with Crippen molar-refractivity contribution < 1.29 is 13.9 Å². The Morgan fingerprint density at radius 2 is 1.90 bits per heavy atom. The molecule has 2 aromatic carbocycles. The fourth-order valence-electron chi connectivity index (χ4n) is 2.45. The van der Waals surface area contributed by atoms with Crippen LogP contribution >= 0.6 is 0 Å². The molecule has 0 saturated heterocycles. The van der Waals surface area contributed by atoms with Gasteiger partial charge in [0, 0.05) is 5.39 Å². The number of carbonyl (C=O) groups is 1. The van der Waals surface area contributed by atoms with E-state index in [4.69, 9.17) is 9.15 Å². The quantitative estimate of drug-likeness (QED) is 0.672. The molecule has 0 spiro atoms. The average Bonchev–Trinajstić information content (AvgIpc) is 2.92. The molecule has 1 heterocycles. The Labute approximate surface area is 123 Å². The van der Waals surface area contributed by atoms with E-state index in [0.717, 1.165) is 22.1 Å². The Morgan fingerprint density at radius 3 is 2.62 bits per heavy atom. The van der Waals surface area contributed by atoms with Crippen LogP contribution < -0.4 is 4.74 Å². The number of ketones is 1. The van der Waals surface area contributed by atoms with Gasteiger partial charge < -0.3 is 9.15 Å². The number of ether oxygens (including phenoxy) is 1. The first-order valence-corrected chi connectivity index (χ1v) is 6.78. The summed E-state index contributed by atoms with van der Waals surface area (Å²) in [7, 11) is 1.56. The molecule has 3 rings (SSSR count). The number of methoxy groups -OCH3 is 1. The topological polar surface area (TPSA) is 39.4 Å². The molecule has 21 heavy (non-hydrogen) atoms. The number of hydrogen-bond donors (Lipinski definition) is 0. The van der Waals surface area contributed by atoms with Crippen molar-refractivity contribution in [2.24, 2.45) is 0 Å². The van der Waals surface area contributed by atoms with Crippen molar-refractivity contribution in [3.8, 4) is 5.75 Å². The summed E-state index contributed by atoms with van der Waals surface area (Å²) in [5.41, 5.74) is 3.30. The first-order valence-electron chi connectivity index (χ1n) is 6.78. The minimum atomic E-state index is -0.161. The summed E-state index contributed by atoms with van der Waals surface area (Å²) < 4.78 is 11.0. The Hall–Kier alpha value is -2.55. The Bertz CT molecular complexity index is 828. The third kappa shape index (κ3) is 2.31. The van der Waals surface area contributed by atoms with Gasteiger partial charge in [-0.15, -0.1) is 0 Å². The molecule has 0 saturated carbocycles. The van der Waals surface area contributed by atoms with Gasteiger partial charge in [0.25, 0.3) is 0 Å². The summed E-state index contributed by atoms with van der Waals surface area (Å²) in [6.07, 6.45) is 0. The maximum Gasteiger partial charge on any atom is 0.231 e. The van der Waals surface area contributed by atoms with Gasteiger partial charge in [-0.05, 0) is 37.6 Å². The zero-order chi connectivity index (χ0) is 15.0. The van der Waals surface area contributed by atoms with E-state index in [9.17, 15) is 4.79 Å². The largest absolute Gasteiger partial charge is 0.496 e. The van der Waals surface area contributed by atoms with Crippen molar-refractivity contribution in [2.45, 2.75) is 13.8 Å². The lowest BCUT2D eigenvalue weighted by atomic mass is 10.0. The number of fused-ring (bicyclic) bond motifs is 1. The molecule has 106 valence electrons. The zero-order valence-corrected chi connectivity index (χ0v) is 12.3. The fourth-order valence-corrected chi connectivity index (χ4v) is 2.45. The maximum atomic E-state index is 12.7.